The fourth-order valence-corrected chi connectivity index (χ4v) is 4.57. The molecule has 1 aromatic rings. The molecule has 1 aliphatic carbocycles. The van der Waals surface area contributed by atoms with Gasteiger partial charge in [0.15, 0.2) is 0 Å². The Kier molecular flexibility index (Phi) is 4.11. The molecule has 1 heterocycles. The van der Waals surface area contributed by atoms with Crippen LogP contribution in [-0.4, -0.2) is 19.3 Å². The van der Waals surface area contributed by atoms with Crippen LogP contribution in [0.4, 0.5) is 0 Å². The van der Waals surface area contributed by atoms with Crippen LogP contribution in [0, 0.1) is 26.7 Å². The predicted octanol–water partition coefficient (Wildman–Crippen LogP) is 4.22. The highest BCUT2D eigenvalue weighted by molar-refractivity contribution is 5.40. The van der Waals surface area contributed by atoms with Crippen LogP contribution in [0.25, 0.3) is 0 Å². The topological polar surface area (TPSA) is 21.3 Å². The maximum absolute atomic E-state index is 6.11. The number of hydrogen-bond donors (Lipinski definition) is 1. The summed E-state index contributed by atoms with van der Waals surface area (Å²) in [6, 6.07) is 5.11. The highest BCUT2D eigenvalue weighted by atomic mass is 16.5. The number of benzene rings is 1. The molecule has 0 aromatic heterocycles. The van der Waals surface area contributed by atoms with Crippen LogP contribution in [0.5, 0.6) is 0 Å². The maximum atomic E-state index is 6.11. The fraction of sp³-hybridized carbons (Fsp3) is 0.684. The van der Waals surface area contributed by atoms with Gasteiger partial charge in [-0.25, -0.2) is 0 Å². The monoisotopic (exact) mass is 287 g/mol. The predicted molar refractivity (Wildman–Crippen MR) is 87.7 cm³/mol. The summed E-state index contributed by atoms with van der Waals surface area (Å²) in [6.07, 6.45) is 6.29. The largest absolute Gasteiger partial charge is 0.375 e. The van der Waals surface area contributed by atoms with Gasteiger partial charge in [0.2, 0.25) is 0 Å². The quantitative estimate of drug-likeness (QED) is 0.898. The van der Waals surface area contributed by atoms with Crippen molar-refractivity contribution in [3.05, 3.63) is 34.4 Å². The molecule has 0 amide bonds. The maximum Gasteiger partial charge on any atom is 0.0686 e. The van der Waals surface area contributed by atoms with Crippen molar-refractivity contribution < 1.29 is 4.74 Å². The van der Waals surface area contributed by atoms with E-state index < -0.39 is 0 Å². The highest BCUT2D eigenvalue weighted by Gasteiger charge is 2.44. The van der Waals surface area contributed by atoms with Crippen LogP contribution >= 0.6 is 0 Å². The first-order valence-electron chi connectivity index (χ1n) is 8.44. The van der Waals surface area contributed by atoms with Crippen molar-refractivity contribution in [3.63, 3.8) is 0 Å². The molecule has 2 aliphatic rings. The summed E-state index contributed by atoms with van der Waals surface area (Å²) >= 11 is 0. The zero-order valence-corrected chi connectivity index (χ0v) is 14.0. The molecule has 1 spiro atoms. The molecule has 1 saturated heterocycles. The Morgan fingerprint density at radius 1 is 1.19 bits per heavy atom. The molecule has 3 rings (SSSR count). The molecule has 2 atom stereocenters. The molecule has 1 saturated carbocycles. The molecular weight excluding hydrogens is 258 g/mol. The third kappa shape index (κ3) is 2.76. The molecule has 1 N–H and O–H groups in total. The molecule has 116 valence electrons. The number of aryl methyl sites for hydroxylation is 3. The van der Waals surface area contributed by atoms with Gasteiger partial charge in [-0.05, 0) is 82.5 Å². The van der Waals surface area contributed by atoms with Crippen molar-refractivity contribution in [2.45, 2.75) is 64.5 Å². The third-order valence-electron chi connectivity index (χ3n) is 5.63. The first-order valence-corrected chi connectivity index (χ1v) is 8.44. The fourth-order valence-electron chi connectivity index (χ4n) is 4.57. The SMILES string of the molecule is CNC(c1c(C)cc(C)cc1C)C1CCOC2(CCC2)C1. The van der Waals surface area contributed by atoms with E-state index in [0.29, 0.717) is 12.0 Å². The van der Waals surface area contributed by atoms with E-state index in [1.165, 1.54) is 54.4 Å². The van der Waals surface area contributed by atoms with Gasteiger partial charge in [-0.2, -0.15) is 0 Å². The minimum atomic E-state index is 0.227. The van der Waals surface area contributed by atoms with Crippen molar-refractivity contribution in [2.75, 3.05) is 13.7 Å². The van der Waals surface area contributed by atoms with Gasteiger partial charge in [0, 0.05) is 12.6 Å². The molecule has 2 fully saturated rings. The lowest BCUT2D eigenvalue weighted by Crippen LogP contribution is -2.47. The average Bonchev–Trinajstić information content (AvgIpc) is 2.41. The van der Waals surface area contributed by atoms with Gasteiger partial charge < -0.3 is 10.1 Å². The molecule has 2 nitrogen and oxygen atoms in total. The molecule has 0 radical (unpaired) electrons. The van der Waals surface area contributed by atoms with Gasteiger partial charge in [-0.1, -0.05) is 17.7 Å². The second-order valence-corrected chi connectivity index (χ2v) is 7.22. The van der Waals surface area contributed by atoms with Gasteiger partial charge in [0.1, 0.15) is 0 Å². The van der Waals surface area contributed by atoms with Crippen LogP contribution in [0.15, 0.2) is 12.1 Å². The minimum Gasteiger partial charge on any atom is -0.375 e. The second-order valence-electron chi connectivity index (χ2n) is 7.22. The van der Waals surface area contributed by atoms with E-state index in [4.69, 9.17) is 4.74 Å². The van der Waals surface area contributed by atoms with E-state index in [1.807, 2.05) is 0 Å². The van der Waals surface area contributed by atoms with Gasteiger partial charge in [-0.3, -0.25) is 0 Å². The summed E-state index contributed by atoms with van der Waals surface area (Å²) in [7, 11) is 2.12. The molecule has 0 bridgehead atoms. The molecule has 2 unspecified atom stereocenters. The summed E-state index contributed by atoms with van der Waals surface area (Å²) in [5, 5.41) is 3.62. The van der Waals surface area contributed by atoms with Crippen molar-refractivity contribution in [1.29, 1.82) is 0 Å². The third-order valence-corrected chi connectivity index (χ3v) is 5.63. The van der Waals surface area contributed by atoms with Crippen LogP contribution in [0.1, 0.15) is 60.4 Å². The van der Waals surface area contributed by atoms with E-state index in [-0.39, 0.29) is 5.60 Å². The molecule has 1 aliphatic heterocycles. The summed E-state index contributed by atoms with van der Waals surface area (Å²) < 4.78 is 6.11. The van der Waals surface area contributed by atoms with E-state index in [9.17, 15) is 0 Å². The van der Waals surface area contributed by atoms with Gasteiger partial charge >= 0.3 is 0 Å². The molecule has 1 aromatic carbocycles. The van der Waals surface area contributed by atoms with E-state index in [1.54, 1.807) is 0 Å². The number of rotatable bonds is 3. The Labute approximate surface area is 129 Å². The van der Waals surface area contributed by atoms with Crippen LogP contribution in [0.2, 0.25) is 0 Å². The number of ether oxygens (including phenoxy) is 1. The van der Waals surface area contributed by atoms with E-state index in [2.05, 4.69) is 45.3 Å². The Balaban J connectivity index is 1.88. The molecule has 2 heteroatoms. The summed E-state index contributed by atoms with van der Waals surface area (Å²) in [5.74, 6) is 0.698. The zero-order chi connectivity index (χ0) is 15.0. The summed E-state index contributed by atoms with van der Waals surface area (Å²) in [6.45, 7) is 7.65. The smallest absolute Gasteiger partial charge is 0.0686 e. The normalized spacial score (nSPS) is 25.6. The average molecular weight is 287 g/mol. The zero-order valence-electron chi connectivity index (χ0n) is 14.0. The van der Waals surface area contributed by atoms with Gasteiger partial charge in [0.05, 0.1) is 5.60 Å². The second kappa shape index (κ2) is 5.73. The van der Waals surface area contributed by atoms with E-state index in [0.717, 1.165) is 6.61 Å². The molecule has 21 heavy (non-hydrogen) atoms. The van der Waals surface area contributed by atoms with Gasteiger partial charge in [0.25, 0.3) is 0 Å². The summed E-state index contributed by atoms with van der Waals surface area (Å²) in [4.78, 5) is 0. The Bertz CT molecular complexity index is 495. The summed E-state index contributed by atoms with van der Waals surface area (Å²) in [5.41, 5.74) is 5.97. The van der Waals surface area contributed by atoms with Gasteiger partial charge in [-0.15, -0.1) is 0 Å². The van der Waals surface area contributed by atoms with E-state index >= 15 is 0 Å². The lowest BCUT2D eigenvalue weighted by atomic mass is 9.69. The first-order chi connectivity index (χ1) is 10.0. The first kappa shape index (κ1) is 15.1. The lowest BCUT2D eigenvalue weighted by molar-refractivity contribution is -0.147. The Hall–Kier alpha value is -0.860. The Morgan fingerprint density at radius 3 is 2.38 bits per heavy atom. The van der Waals surface area contributed by atoms with Crippen molar-refractivity contribution in [3.8, 4) is 0 Å². The standard InChI is InChI=1S/C19H29NO/c1-13-10-14(2)17(15(3)11-13)18(20-4)16-6-9-21-19(12-16)7-5-8-19/h10-11,16,18,20H,5-9,12H2,1-4H3. The number of nitrogens with one attached hydrogen (secondary N) is 1. The lowest BCUT2D eigenvalue weighted by Gasteiger charge is -2.49. The van der Waals surface area contributed by atoms with Crippen LogP contribution in [-0.2, 0) is 4.74 Å². The van der Waals surface area contributed by atoms with Crippen molar-refractivity contribution in [2.24, 2.45) is 5.92 Å². The number of hydrogen-bond acceptors (Lipinski definition) is 2. The molecular formula is C19H29NO. The van der Waals surface area contributed by atoms with Crippen molar-refractivity contribution >= 4 is 0 Å². The van der Waals surface area contributed by atoms with Crippen molar-refractivity contribution in [1.82, 2.24) is 5.32 Å². The minimum absolute atomic E-state index is 0.227. The highest BCUT2D eigenvalue weighted by Crippen LogP contribution is 2.47. The van der Waals surface area contributed by atoms with Crippen LogP contribution < -0.4 is 5.32 Å². The van der Waals surface area contributed by atoms with Crippen LogP contribution in [0.3, 0.4) is 0 Å². The Morgan fingerprint density at radius 2 is 1.86 bits per heavy atom.